The number of hydrogen-bond donors (Lipinski definition) is 0. The highest BCUT2D eigenvalue weighted by atomic mass is 16.6. The first-order valence-corrected chi connectivity index (χ1v) is 5.51. The van der Waals surface area contributed by atoms with Crippen LogP contribution in [-0.4, -0.2) is 31.0 Å². The van der Waals surface area contributed by atoms with E-state index >= 15 is 0 Å². The molecule has 6 heteroatoms. The van der Waals surface area contributed by atoms with Gasteiger partial charge in [-0.25, -0.2) is 0 Å². The Morgan fingerprint density at radius 1 is 1.28 bits per heavy atom. The van der Waals surface area contributed by atoms with Crippen molar-refractivity contribution in [1.82, 2.24) is 0 Å². The number of hydrogen-bond acceptors (Lipinski definition) is 5. The van der Waals surface area contributed by atoms with E-state index in [0.29, 0.717) is 23.5 Å². The third-order valence-corrected chi connectivity index (χ3v) is 3.14. The second kappa shape index (κ2) is 4.64. The SMILES string of the molecule is COc1ccc(OC)c2c1CCC([N+](=O)[O-])C2=O. The molecule has 1 unspecified atom stereocenters. The number of methoxy groups -OCH3 is 2. The van der Waals surface area contributed by atoms with E-state index in [4.69, 9.17) is 9.47 Å². The molecule has 1 atom stereocenters. The summed E-state index contributed by atoms with van der Waals surface area (Å²) in [5.74, 6) is 0.431. The van der Waals surface area contributed by atoms with Crippen molar-refractivity contribution in [1.29, 1.82) is 0 Å². The van der Waals surface area contributed by atoms with Gasteiger partial charge < -0.3 is 9.47 Å². The van der Waals surface area contributed by atoms with Crippen LogP contribution in [0.2, 0.25) is 0 Å². The Hall–Kier alpha value is -2.11. The fourth-order valence-electron chi connectivity index (χ4n) is 2.27. The van der Waals surface area contributed by atoms with Crippen molar-refractivity contribution in [3.05, 3.63) is 33.4 Å². The van der Waals surface area contributed by atoms with E-state index in [-0.39, 0.29) is 12.0 Å². The molecule has 0 aromatic heterocycles. The molecule has 1 aromatic carbocycles. The molecular formula is C12H13NO5. The van der Waals surface area contributed by atoms with E-state index in [2.05, 4.69) is 0 Å². The van der Waals surface area contributed by atoms with Crippen molar-refractivity contribution in [3.8, 4) is 11.5 Å². The van der Waals surface area contributed by atoms with Crippen molar-refractivity contribution < 1.29 is 19.2 Å². The van der Waals surface area contributed by atoms with Crippen molar-refractivity contribution in [2.45, 2.75) is 18.9 Å². The zero-order chi connectivity index (χ0) is 13.3. The summed E-state index contributed by atoms with van der Waals surface area (Å²) >= 11 is 0. The van der Waals surface area contributed by atoms with Gasteiger partial charge in [-0.05, 0) is 18.6 Å². The number of ketones is 1. The van der Waals surface area contributed by atoms with Crippen molar-refractivity contribution in [2.75, 3.05) is 14.2 Å². The van der Waals surface area contributed by atoms with E-state index in [1.807, 2.05) is 0 Å². The molecule has 0 radical (unpaired) electrons. The smallest absolute Gasteiger partial charge is 0.275 e. The summed E-state index contributed by atoms with van der Waals surface area (Å²) in [6, 6.07) is 2.12. The minimum atomic E-state index is -1.18. The molecule has 0 N–H and O–H groups in total. The van der Waals surface area contributed by atoms with Crippen LogP contribution >= 0.6 is 0 Å². The van der Waals surface area contributed by atoms with Crippen LogP contribution in [0.15, 0.2) is 12.1 Å². The van der Waals surface area contributed by atoms with E-state index in [9.17, 15) is 14.9 Å². The van der Waals surface area contributed by atoms with Crippen LogP contribution in [0.5, 0.6) is 11.5 Å². The summed E-state index contributed by atoms with van der Waals surface area (Å²) < 4.78 is 10.3. The standard InChI is InChI=1S/C12H13NO5/c1-17-9-5-6-10(18-2)11-7(9)3-4-8(12(11)14)13(15)16/h5-6,8H,3-4H2,1-2H3. The Morgan fingerprint density at radius 2 is 1.89 bits per heavy atom. The van der Waals surface area contributed by atoms with Crippen LogP contribution < -0.4 is 9.47 Å². The first-order valence-electron chi connectivity index (χ1n) is 5.51. The van der Waals surface area contributed by atoms with Gasteiger partial charge in [0.25, 0.3) is 6.04 Å². The maximum atomic E-state index is 12.1. The molecule has 0 amide bonds. The van der Waals surface area contributed by atoms with E-state index in [1.54, 1.807) is 12.1 Å². The number of benzene rings is 1. The molecule has 1 aliphatic rings. The monoisotopic (exact) mass is 251 g/mol. The van der Waals surface area contributed by atoms with Gasteiger partial charge in [-0.15, -0.1) is 0 Å². The lowest BCUT2D eigenvalue weighted by molar-refractivity contribution is -0.506. The predicted molar refractivity (Wildman–Crippen MR) is 63.0 cm³/mol. The Balaban J connectivity index is 2.58. The van der Waals surface area contributed by atoms with Gasteiger partial charge in [0.2, 0.25) is 5.78 Å². The van der Waals surface area contributed by atoms with Crippen LogP contribution in [-0.2, 0) is 6.42 Å². The molecule has 1 aliphatic carbocycles. The van der Waals surface area contributed by atoms with Crippen molar-refractivity contribution in [2.24, 2.45) is 0 Å². The van der Waals surface area contributed by atoms with Gasteiger partial charge in [0.15, 0.2) is 0 Å². The van der Waals surface area contributed by atoms with Gasteiger partial charge in [0.05, 0.1) is 19.8 Å². The number of fused-ring (bicyclic) bond motifs is 1. The Bertz CT molecular complexity index is 511. The largest absolute Gasteiger partial charge is 0.496 e. The van der Waals surface area contributed by atoms with Crippen LogP contribution in [0.4, 0.5) is 0 Å². The van der Waals surface area contributed by atoms with Crippen molar-refractivity contribution >= 4 is 5.78 Å². The first kappa shape index (κ1) is 12.3. The molecule has 0 saturated carbocycles. The average molecular weight is 251 g/mol. The lowest BCUT2D eigenvalue weighted by atomic mass is 9.86. The molecular weight excluding hydrogens is 238 g/mol. The summed E-state index contributed by atoms with van der Waals surface area (Å²) in [5.41, 5.74) is 0.977. The highest BCUT2D eigenvalue weighted by Crippen LogP contribution is 2.36. The van der Waals surface area contributed by atoms with E-state index in [0.717, 1.165) is 0 Å². The number of carbonyl (C=O) groups excluding carboxylic acids is 1. The highest BCUT2D eigenvalue weighted by Gasteiger charge is 2.39. The number of nitrogens with zero attached hydrogens (tertiary/aromatic N) is 1. The summed E-state index contributed by atoms with van der Waals surface area (Å²) in [7, 11) is 2.94. The number of nitro groups is 1. The van der Waals surface area contributed by atoms with Crippen LogP contribution in [0.25, 0.3) is 0 Å². The quantitative estimate of drug-likeness (QED) is 0.600. The molecule has 96 valence electrons. The number of ether oxygens (including phenoxy) is 2. The predicted octanol–water partition coefficient (Wildman–Crippen LogP) is 1.48. The van der Waals surface area contributed by atoms with Gasteiger partial charge in [-0.3, -0.25) is 14.9 Å². The molecule has 18 heavy (non-hydrogen) atoms. The van der Waals surface area contributed by atoms with Gasteiger partial charge >= 0.3 is 0 Å². The molecule has 0 aliphatic heterocycles. The van der Waals surface area contributed by atoms with Gasteiger partial charge in [-0.2, -0.15) is 0 Å². The minimum absolute atomic E-state index is 0.197. The average Bonchev–Trinajstić information content (AvgIpc) is 2.37. The Labute approximate surface area is 104 Å². The topological polar surface area (TPSA) is 78.7 Å². The third kappa shape index (κ3) is 1.79. The molecule has 1 aromatic rings. The second-order valence-corrected chi connectivity index (χ2v) is 4.03. The van der Waals surface area contributed by atoms with E-state index in [1.165, 1.54) is 14.2 Å². The molecule has 0 saturated heterocycles. The molecule has 0 heterocycles. The number of Topliss-reactive ketones (excluding diaryl/α,β-unsaturated/α-hetero) is 1. The maximum Gasteiger partial charge on any atom is 0.275 e. The Morgan fingerprint density at radius 3 is 2.44 bits per heavy atom. The van der Waals surface area contributed by atoms with Crippen LogP contribution in [0, 0.1) is 10.1 Å². The lowest BCUT2D eigenvalue weighted by Gasteiger charge is -2.22. The van der Waals surface area contributed by atoms with Crippen LogP contribution in [0.3, 0.4) is 0 Å². The fraction of sp³-hybridized carbons (Fsp3) is 0.417. The van der Waals surface area contributed by atoms with Crippen LogP contribution in [0.1, 0.15) is 22.3 Å². The molecule has 0 fully saturated rings. The molecule has 0 bridgehead atoms. The van der Waals surface area contributed by atoms with Gasteiger partial charge in [0.1, 0.15) is 11.5 Å². The third-order valence-electron chi connectivity index (χ3n) is 3.14. The summed E-state index contributed by atoms with van der Waals surface area (Å²) in [4.78, 5) is 22.4. The second-order valence-electron chi connectivity index (χ2n) is 4.03. The number of rotatable bonds is 3. The van der Waals surface area contributed by atoms with Gasteiger partial charge in [-0.1, -0.05) is 0 Å². The highest BCUT2D eigenvalue weighted by molar-refractivity contribution is 6.04. The summed E-state index contributed by atoms with van der Waals surface area (Å²) in [6.45, 7) is 0. The number of carbonyl (C=O) groups is 1. The zero-order valence-corrected chi connectivity index (χ0v) is 10.1. The molecule has 6 nitrogen and oxygen atoms in total. The lowest BCUT2D eigenvalue weighted by Crippen LogP contribution is -2.34. The van der Waals surface area contributed by atoms with E-state index < -0.39 is 16.7 Å². The summed E-state index contributed by atoms with van der Waals surface area (Å²) in [5, 5.41) is 10.8. The maximum absolute atomic E-state index is 12.1. The normalized spacial score (nSPS) is 18.1. The molecule has 2 rings (SSSR count). The zero-order valence-electron chi connectivity index (χ0n) is 10.1. The first-order chi connectivity index (χ1) is 8.60. The minimum Gasteiger partial charge on any atom is -0.496 e. The summed E-state index contributed by atoms with van der Waals surface area (Å²) in [6.07, 6.45) is 0.634. The Kier molecular flexibility index (Phi) is 3.18. The van der Waals surface area contributed by atoms with Crippen molar-refractivity contribution in [3.63, 3.8) is 0 Å². The van der Waals surface area contributed by atoms with Gasteiger partial charge in [0, 0.05) is 16.9 Å². The molecule has 0 spiro atoms. The fourth-order valence-corrected chi connectivity index (χ4v) is 2.27.